The molecule has 0 bridgehead atoms. The minimum absolute atomic E-state index is 0.0555. The first-order chi connectivity index (χ1) is 15.8. The molecule has 0 aliphatic carbocycles. The lowest BCUT2D eigenvalue weighted by atomic mass is 9.97. The highest BCUT2D eigenvalue weighted by molar-refractivity contribution is 5.90. The van der Waals surface area contributed by atoms with E-state index >= 15 is 0 Å². The van der Waals surface area contributed by atoms with Crippen molar-refractivity contribution in [3.63, 3.8) is 0 Å². The summed E-state index contributed by atoms with van der Waals surface area (Å²) in [6.07, 6.45) is 2.35. The second-order valence-electron chi connectivity index (χ2n) is 8.34. The van der Waals surface area contributed by atoms with E-state index in [9.17, 15) is 4.79 Å². The van der Waals surface area contributed by atoms with Crippen molar-refractivity contribution >= 4 is 17.2 Å². The molecule has 176 valence electrons. The van der Waals surface area contributed by atoms with Crippen molar-refractivity contribution in [3.8, 4) is 17.0 Å². The van der Waals surface area contributed by atoms with E-state index in [1.54, 1.807) is 20.5 Å². The number of pyridine rings is 1. The molecule has 33 heavy (non-hydrogen) atoms. The molecule has 9 nitrogen and oxygen atoms in total. The van der Waals surface area contributed by atoms with Crippen LogP contribution in [0.1, 0.15) is 31.7 Å². The Morgan fingerprint density at radius 3 is 2.79 bits per heavy atom. The first-order valence-corrected chi connectivity index (χ1v) is 10.9. The molecule has 1 aliphatic rings. The highest BCUT2D eigenvalue weighted by Crippen LogP contribution is 2.37. The minimum atomic E-state index is -0.630. The van der Waals surface area contributed by atoms with Crippen LogP contribution in [0.5, 0.6) is 5.75 Å². The highest BCUT2D eigenvalue weighted by atomic mass is 16.6. The van der Waals surface area contributed by atoms with Gasteiger partial charge in [0.15, 0.2) is 0 Å². The van der Waals surface area contributed by atoms with Gasteiger partial charge in [0.25, 0.3) is 0 Å². The summed E-state index contributed by atoms with van der Waals surface area (Å²) in [5.41, 5.74) is 3.64. The molecule has 9 heteroatoms. The molecular weight excluding hydrogens is 424 g/mol. The van der Waals surface area contributed by atoms with Gasteiger partial charge in [0.05, 0.1) is 29.6 Å². The van der Waals surface area contributed by atoms with Gasteiger partial charge in [-0.2, -0.15) is 0 Å². The molecule has 0 unspecified atom stereocenters. The molecule has 4 rings (SSSR count). The standard InChI is InChI=1S/C24H30N4O5/c1-15-8-19(21-11-23(26-17(3)29)25-14-28(15)21)20-9-18(33-12-16(2)30-4)10-22(27-20)24(31-5)6-7-32-13-24/h8-11,14,16H,6-7,12-13H2,1-5H3,(H,26,29)/t16-,24+/m1/s1. The SMILES string of the molecule is CO[C@H](C)COc1cc(-c2cc(C)n3cnc(NC(C)=O)cc23)nc([C@]2(OC)CCOC2)c1. The van der Waals surface area contributed by atoms with E-state index in [-0.39, 0.29) is 12.0 Å². The van der Waals surface area contributed by atoms with E-state index < -0.39 is 5.60 Å². The maximum atomic E-state index is 11.5. The quantitative estimate of drug-likeness (QED) is 0.558. The number of carbonyl (C=O) groups is 1. The number of amides is 1. The zero-order valence-corrected chi connectivity index (χ0v) is 19.7. The van der Waals surface area contributed by atoms with Crippen molar-refractivity contribution in [3.05, 3.63) is 42.0 Å². The van der Waals surface area contributed by atoms with Gasteiger partial charge in [0, 0.05) is 63.6 Å². The Hall–Kier alpha value is -3.01. The van der Waals surface area contributed by atoms with Gasteiger partial charge in [-0.1, -0.05) is 0 Å². The number of nitrogens with one attached hydrogen (secondary N) is 1. The number of hydrogen-bond donors (Lipinski definition) is 1. The summed E-state index contributed by atoms with van der Waals surface area (Å²) in [7, 11) is 3.34. The number of nitrogens with zero attached hydrogens (tertiary/aromatic N) is 3. The van der Waals surface area contributed by atoms with Gasteiger partial charge in [0.1, 0.15) is 30.1 Å². The zero-order valence-electron chi connectivity index (χ0n) is 19.7. The molecule has 3 aromatic heterocycles. The average molecular weight is 455 g/mol. The normalized spacial score (nSPS) is 19.1. The van der Waals surface area contributed by atoms with Crippen LogP contribution in [-0.4, -0.2) is 60.4 Å². The molecule has 1 aliphatic heterocycles. The van der Waals surface area contributed by atoms with Crippen LogP contribution in [0.25, 0.3) is 16.8 Å². The van der Waals surface area contributed by atoms with Crippen LogP contribution in [0, 0.1) is 6.92 Å². The molecular formula is C24H30N4O5. The summed E-state index contributed by atoms with van der Waals surface area (Å²) in [6.45, 7) is 6.85. The van der Waals surface area contributed by atoms with Crippen molar-refractivity contribution in [2.24, 2.45) is 0 Å². The molecule has 1 N–H and O–H groups in total. The largest absolute Gasteiger partial charge is 0.491 e. The molecule has 0 saturated carbocycles. The van der Waals surface area contributed by atoms with Gasteiger partial charge in [0.2, 0.25) is 5.91 Å². The number of aromatic nitrogens is 3. The van der Waals surface area contributed by atoms with E-state index in [1.165, 1.54) is 6.92 Å². The monoisotopic (exact) mass is 454 g/mol. The minimum Gasteiger partial charge on any atom is -0.491 e. The molecule has 3 aromatic rings. The Balaban J connectivity index is 1.84. The smallest absolute Gasteiger partial charge is 0.222 e. The molecule has 1 amide bonds. The summed E-state index contributed by atoms with van der Waals surface area (Å²) in [5, 5.41) is 2.75. The Bertz CT molecular complexity index is 1150. The number of methoxy groups -OCH3 is 2. The first kappa shape index (κ1) is 23.2. The zero-order chi connectivity index (χ0) is 23.6. The second kappa shape index (κ2) is 9.46. The van der Waals surface area contributed by atoms with Crippen molar-refractivity contribution in [2.45, 2.75) is 38.9 Å². The van der Waals surface area contributed by atoms with Gasteiger partial charge in [-0.05, 0) is 19.9 Å². The van der Waals surface area contributed by atoms with Gasteiger partial charge in [-0.15, -0.1) is 0 Å². The van der Waals surface area contributed by atoms with Crippen molar-refractivity contribution in [2.75, 3.05) is 39.4 Å². The lowest BCUT2D eigenvalue weighted by Crippen LogP contribution is -2.30. The van der Waals surface area contributed by atoms with E-state index in [0.717, 1.165) is 28.2 Å². The number of anilines is 1. The molecule has 1 fully saturated rings. The predicted octanol–water partition coefficient (Wildman–Crippen LogP) is 3.34. The lowest BCUT2D eigenvalue weighted by Gasteiger charge is -2.26. The fourth-order valence-corrected chi connectivity index (χ4v) is 3.97. The Kier molecular flexibility index (Phi) is 6.64. The van der Waals surface area contributed by atoms with Crippen molar-refractivity contribution in [1.29, 1.82) is 0 Å². The summed E-state index contributed by atoms with van der Waals surface area (Å²) in [6, 6.07) is 7.72. The average Bonchev–Trinajstić information content (AvgIpc) is 3.42. The summed E-state index contributed by atoms with van der Waals surface area (Å²) >= 11 is 0. The summed E-state index contributed by atoms with van der Waals surface area (Å²) in [4.78, 5) is 20.9. The van der Waals surface area contributed by atoms with Gasteiger partial charge >= 0.3 is 0 Å². The molecule has 2 atom stereocenters. The fourth-order valence-electron chi connectivity index (χ4n) is 3.97. The molecule has 0 aromatic carbocycles. The van der Waals surface area contributed by atoms with Crippen LogP contribution in [-0.2, 0) is 24.6 Å². The number of hydrogen-bond acceptors (Lipinski definition) is 7. The van der Waals surface area contributed by atoms with E-state index in [0.29, 0.717) is 37.8 Å². The van der Waals surface area contributed by atoms with E-state index in [1.807, 2.05) is 42.5 Å². The topological polar surface area (TPSA) is 96.2 Å². The molecule has 1 saturated heterocycles. The maximum absolute atomic E-state index is 11.5. The Labute approximate surface area is 193 Å². The van der Waals surface area contributed by atoms with Crippen molar-refractivity contribution < 1.29 is 23.7 Å². The van der Waals surface area contributed by atoms with Crippen LogP contribution < -0.4 is 10.1 Å². The molecule has 0 spiro atoms. The number of fused-ring (bicyclic) bond motifs is 1. The molecule has 4 heterocycles. The second-order valence-corrected chi connectivity index (χ2v) is 8.34. The Morgan fingerprint density at radius 1 is 1.30 bits per heavy atom. The van der Waals surface area contributed by atoms with Crippen molar-refractivity contribution in [1.82, 2.24) is 14.4 Å². The van der Waals surface area contributed by atoms with Gasteiger partial charge in [-0.25, -0.2) is 9.97 Å². The number of carbonyl (C=O) groups excluding carboxylic acids is 1. The molecule has 0 radical (unpaired) electrons. The van der Waals surface area contributed by atoms with Crippen LogP contribution in [0.15, 0.2) is 30.6 Å². The van der Waals surface area contributed by atoms with Gasteiger partial charge < -0.3 is 28.7 Å². The van der Waals surface area contributed by atoms with E-state index in [4.69, 9.17) is 23.9 Å². The van der Waals surface area contributed by atoms with E-state index in [2.05, 4.69) is 10.3 Å². The lowest BCUT2D eigenvalue weighted by molar-refractivity contribution is -0.114. The van der Waals surface area contributed by atoms with Crippen LogP contribution >= 0.6 is 0 Å². The first-order valence-electron chi connectivity index (χ1n) is 10.9. The van der Waals surface area contributed by atoms with Crippen LogP contribution in [0.2, 0.25) is 0 Å². The van der Waals surface area contributed by atoms with Gasteiger partial charge in [-0.3, -0.25) is 4.79 Å². The number of ether oxygens (including phenoxy) is 4. The Morgan fingerprint density at radius 2 is 2.12 bits per heavy atom. The number of rotatable bonds is 8. The third-order valence-corrected chi connectivity index (χ3v) is 5.96. The maximum Gasteiger partial charge on any atom is 0.222 e. The highest BCUT2D eigenvalue weighted by Gasteiger charge is 2.39. The third-order valence-electron chi connectivity index (χ3n) is 5.96. The number of aryl methyl sites for hydroxylation is 1. The van der Waals surface area contributed by atoms with Crippen LogP contribution in [0.4, 0.5) is 5.82 Å². The summed E-state index contributed by atoms with van der Waals surface area (Å²) in [5.74, 6) is 0.979. The predicted molar refractivity (Wildman–Crippen MR) is 124 cm³/mol. The summed E-state index contributed by atoms with van der Waals surface area (Å²) < 4.78 is 24.9. The van der Waals surface area contributed by atoms with Crippen LogP contribution in [0.3, 0.4) is 0 Å². The fraction of sp³-hybridized carbons (Fsp3) is 0.458. The third kappa shape index (κ3) is 4.71.